The molecule has 4 heteroatoms. The monoisotopic (exact) mass is 323 g/mol. The number of rotatable bonds is 5. The molecular formula is C10H12Br2FN. The van der Waals surface area contributed by atoms with Crippen LogP contribution in [0.25, 0.3) is 0 Å². The van der Waals surface area contributed by atoms with Crippen LogP contribution in [0.1, 0.15) is 12.0 Å². The average molecular weight is 325 g/mol. The molecule has 0 unspecified atom stereocenters. The second kappa shape index (κ2) is 6.53. The normalized spacial score (nSPS) is 10.5. The molecule has 0 fully saturated rings. The van der Waals surface area contributed by atoms with Crippen LogP contribution in [-0.4, -0.2) is 13.2 Å². The number of halogens is 3. The molecule has 0 amide bonds. The van der Waals surface area contributed by atoms with E-state index < -0.39 is 0 Å². The fourth-order valence-electron chi connectivity index (χ4n) is 1.07. The summed E-state index contributed by atoms with van der Waals surface area (Å²) in [7, 11) is 0. The first-order chi connectivity index (χ1) is 6.74. The molecule has 0 saturated carbocycles. The quantitative estimate of drug-likeness (QED) is 0.815. The highest BCUT2D eigenvalue weighted by molar-refractivity contribution is 9.13. The summed E-state index contributed by atoms with van der Waals surface area (Å²) in [5, 5.41) is 3.17. The maximum atomic E-state index is 11.8. The van der Waals surface area contributed by atoms with Gasteiger partial charge in [-0.05, 0) is 62.5 Å². The Morgan fingerprint density at radius 3 is 2.64 bits per heavy atom. The lowest BCUT2D eigenvalue weighted by atomic mass is 10.2. The Balaban J connectivity index is 2.39. The highest BCUT2D eigenvalue weighted by atomic mass is 79.9. The van der Waals surface area contributed by atoms with Crippen molar-refractivity contribution in [2.75, 3.05) is 13.2 Å². The molecular weight excluding hydrogens is 313 g/mol. The fraction of sp³-hybridized carbons (Fsp3) is 0.400. The third kappa shape index (κ3) is 4.07. The molecule has 1 aromatic carbocycles. The molecule has 0 bridgehead atoms. The van der Waals surface area contributed by atoms with Crippen molar-refractivity contribution in [1.82, 2.24) is 5.32 Å². The minimum atomic E-state index is -0.253. The lowest BCUT2D eigenvalue weighted by molar-refractivity contribution is 0.459. The summed E-state index contributed by atoms with van der Waals surface area (Å²) in [5.74, 6) is 0. The van der Waals surface area contributed by atoms with Crippen LogP contribution in [0.2, 0.25) is 0 Å². The molecule has 1 nitrogen and oxygen atoms in total. The smallest absolute Gasteiger partial charge is 0.0906 e. The highest BCUT2D eigenvalue weighted by Gasteiger charge is 1.97. The molecule has 1 N–H and O–H groups in total. The first kappa shape index (κ1) is 12.1. The van der Waals surface area contributed by atoms with Crippen LogP contribution in [-0.2, 0) is 6.54 Å². The Bertz CT molecular complexity index is 291. The molecule has 1 rings (SSSR count). The Hall–Kier alpha value is 0.0700. The van der Waals surface area contributed by atoms with Crippen molar-refractivity contribution in [2.45, 2.75) is 13.0 Å². The molecule has 78 valence electrons. The third-order valence-electron chi connectivity index (χ3n) is 1.80. The van der Waals surface area contributed by atoms with Crippen molar-refractivity contribution in [2.24, 2.45) is 0 Å². The zero-order chi connectivity index (χ0) is 10.4. The van der Waals surface area contributed by atoms with Crippen molar-refractivity contribution in [1.29, 1.82) is 0 Å². The Kier molecular flexibility index (Phi) is 5.67. The summed E-state index contributed by atoms with van der Waals surface area (Å²) in [6.07, 6.45) is 0.581. The Labute approximate surface area is 100 Å². The van der Waals surface area contributed by atoms with E-state index in [1.54, 1.807) is 0 Å². The minimum absolute atomic E-state index is 0.253. The number of hydrogen-bond donors (Lipinski definition) is 1. The van der Waals surface area contributed by atoms with Gasteiger partial charge in [-0.2, -0.15) is 0 Å². The largest absolute Gasteiger partial charge is 0.313 e. The van der Waals surface area contributed by atoms with Crippen LogP contribution in [0.15, 0.2) is 27.1 Å². The predicted molar refractivity (Wildman–Crippen MR) is 64.1 cm³/mol. The molecule has 0 aliphatic rings. The molecule has 14 heavy (non-hydrogen) atoms. The van der Waals surface area contributed by atoms with Gasteiger partial charge >= 0.3 is 0 Å². The first-order valence-corrected chi connectivity index (χ1v) is 6.03. The van der Waals surface area contributed by atoms with Crippen LogP contribution in [0, 0.1) is 0 Å². The molecule has 0 saturated heterocycles. The summed E-state index contributed by atoms with van der Waals surface area (Å²) in [6, 6.07) is 6.08. The summed E-state index contributed by atoms with van der Waals surface area (Å²) >= 11 is 6.84. The summed E-state index contributed by atoms with van der Waals surface area (Å²) < 4.78 is 13.9. The number of benzene rings is 1. The molecule has 0 radical (unpaired) electrons. The van der Waals surface area contributed by atoms with Crippen molar-refractivity contribution in [3.63, 3.8) is 0 Å². The van der Waals surface area contributed by atoms with E-state index in [9.17, 15) is 4.39 Å². The van der Waals surface area contributed by atoms with Gasteiger partial charge in [-0.25, -0.2) is 0 Å². The van der Waals surface area contributed by atoms with Crippen LogP contribution in [0.5, 0.6) is 0 Å². The van der Waals surface area contributed by atoms with Crippen LogP contribution in [0.3, 0.4) is 0 Å². The molecule has 0 atom stereocenters. The van der Waals surface area contributed by atoms with Crippen molar-refractivity contribution in [3.05, 3.63) is 32.7 Å². The first-order valence-electron chi connectivity index (χ1n) is 4.44. The highest BCUT2D eigenvalue weighted by Crippen LogP contribution is 2.23. The molecule has 0 heterocycles. The van der Waals surface area contributed by atoms with Crippen LogP contribution < -0.4 is 5.32 Å². The van der Waals surface area contributed by atoms with Crippen LogP contribution in [0.4, 0.5) is 4.39 Å². The number of alkyl halides is 1. The predicted octanol–water partition coefficient (Wildman–Crippen LogP) is 3.66. The van der Waals surface area contributed by atoms with E-state index in [1.165, 1.54) is 5.56 Å². The topological polar surface area (TPSA) is 12.0 Å². The maximum Gasteiger partial charge on any atom is 0.0906 e. The van der Waals surface area contributed by atoms with E-state index in [2.05, 4.69) is 37.2 Å². The van der Waals surface area contributed by atoms with Gasteiger partial charge in [0.15, 0.2) is 0 Å². The van der Waals surface area contributed by atoms with Crippen molar-refractivity contribution < 1.29 is 4.39 Å². The van der Waals surface area contributed by atoms with Crippen molar-refractivity contribution >= 4 is 31.9 Å². The average Bonchev–Trinajstić information content (AvgIpc) is 2.18. The zero-order valence-corrected chi connectivity index (χ0v) is 10.9. The molecule has 0 spiro atoms. The maximum absolute atomic E-state index is 11.8. The molecule has 0 aromatic heterocycles. The zero-order valence-electron chi connectivity index (χ0n) is 7.69. The van der Waals surface area contributed by atoms with Gasteiger partial charge in [0.25, 0.3) is 0 Å². The van der Waals surface area contributed by atoms with E-state index in [0.29, 0.717) is 6.42 Å². The van der Waals surface area contributed by atoms with Gasteiger partial charge in [-0.3, -0.25) is 4.39 Å². The van der Waals surface area contributed by atoms with E-state index >= 15 is 0 Å². The van der Waals surface area contributed by atoms with Crippen LogP contribution >= 0.6 is 31.9 Å². The van der Waals surface area contributed by atoms with Gasteiger partial charge in [-0.15, -0.1) is 0 Å². The van der Waals surface area contributed by atoms with E-state index in [4.69, 9.17) is 0 Å². The summed E-state index contributed by atoms with van der Waals surface area (Å²) in [5.41, 5.74) is 1.19. The molecule has 0 aliphatic heterocycles. The third-order valence-corrected chi connectivity index (χ3v) is 3.68. The summed E-state index contributed by atoms with van der Waals surface area (Å²) in [6.45, 7) is 1.26. The van der Waals surface area contributed by atoms with Gasteiger partial charge in [0.05, 0.1) is 6.67 Å². The van der Waals surface area contributed by atoms with Gasteiger partial charge in [0, 0.05) is 15.5 Å². The van der Waals surface area contributed by atoms with Crippen molar-refractivity contribution in [3.8, 4) is 0 Å². The Morgan fingerprint density at radius 1 is 1.21 bits per heavy atom. The Morgan fingerprint density at radius 2 is 2.00 bits per heavy atom. The lowest BCUT2D eigenvalue weighted by Gasteiger charge is -2.04. The number of nitrogens with one attached hydrogen (secondary N) is 1. The lowest BCUT2D eigenvalue weighted by Crippen LogP contribution is -2.15. The van der Waals surface area contributed by atoms with Gasteiger partial charge in [0.2, 0.25) is 0 Å². The van der Waals surface area contributed by atoms with E-state index in [-0.39, 0.29) is 6.67 Å². The SMILES string of the molecule is FCCCNCc1ccc(Br)c(Br)c1. The second-order valence-corrected chi connectivity index (χ2v) is 4.68. The van der Waals surface area contributed by atoms with E-state index in [1.807, 2.05) is 18.2 Å². The molecule has 0 aliphatic carbocycles. The van der Waals surface area contributed by atoms with Gasteiger partial charge < -0.3 is 5.32 Å². The molecule has 1 aromatic rings. The van der Waals surface area contributed by atoms with Gasteiger partial charge in [0.1, 0.15) is 0 Å². The second-order valence-electron chi connectivity index (χ2n) is 2.97. The minimum Gasteiger partial charge on any atom is -0.313 e. The number of hydrogen-bond acceptors (Lipinski definition) is 1. The standard InChI is InChI=1S/C10H12Br2FN/c11-9-3-2-8(6-10(9)12)7-14-5-1-4-13/h2-3,6,14H,1,4-5,7H2. The fourth-order valence-corrected chi connectivity index (χ4v) is 1.75. The van der Waals surface area contributed by atoms with E-state index in [0.717, 1.165) is 22.0 Å². The van der Waals surface area contributed by atoms with Gasteiger partial charge in [-0.1, -0.05) is 6.07 Å². The summed E-state index contributed by atoms with van der Waals surface area (Å²) in [4.78, 5) is 0.